The van der Waals surface area contributed by atoms with E-state index in [1.807, 2.05) is 6.92 Å². The van der Waals surface area contributed by atoms with Crippen molar-refractivity contribution in [2.24, 2.45) is 5.73 Å². The number of rotatable bonds is 5. The molecule has 1 aliphatic rings. The van der Waals surface area contributed by atoms with E-state index < -0.39 is 0 Å². The summed E-state index contributed by atoms with van der Waals surface area (Å²) in [4.78, 5) is 0. The first-order valence-corrected chi connectivity index (χ1v) is 6.64. The number of thioether (sulfide) groups is 1. The summed E-state index contributed by atoms with van der Waals surface area (Å²) in [6, 6.07) is 0.349. The summed E-state index contributed by atoms with van der Waals surface area (Å²) in [6.07, 6.45) is 7.68. The van der Waals surface area contributed by atoms with Crippen LogP contribution in [0.3, 0.4) is 0 Å². The fourth-order valence-electron chi connectivity index (χ4n) is 1.78. The highest BCUT2D eigenvalue weighted by molar-refractivity contribution is 7.99. The molecule has 0 saturated heterocycles. The van der Waals surface area contributed by atoms with Crippen LogP contribution in [0, 0.1) is 11.8 Å². The van der Waals surface area contributed by atoms with Gasteiger partial charge in [0.2, 0.25) is 0 Å². The molecule has 0 heterocycles. The minimum atomic E-state index is 0.349. The van der Waals surface area contributed by atoms with E-state index in [0.717, 1.165) is 23.8 Å². The minimum absolute atomic E-state index is 0.349. The van der Waals surface area contributed by atoms with Crippen molar-refractivity contribution in [3.8, 4) is 11.8 Å². The van der Waals surface area contributed by atoms with Crippen LogP contribution in [0.15, 0.2) is 0 Å². The highest BCUT2D eigenvalue weighted by atomic mass is 32.2. The highest BCUT2D eigenvalue weighted by Crippen LogP contribution is 2.29. The van der Waals surface area contributed by atoms with Crippen LogP contribution < -0.4 is 5.73 Å². The van der Waals surface area contributed by atoms with Gasteiger partial charge in [0, 0.05) is 23.5 Å². The SMILES string of the molecule is CC#CCCC(N)CSC1CCCC1. The van der Waals surface area contributed by atoms with E-state index in [0.29, 0.717) is 6.04 Å². The van der Waals surface area contributed by atoms with Gasteiger partial charge in [-0.05, 0) is 26.2 Å². The van der Waals surface area contributed by atoms with Gasteiger partial charge in [0.25, 0.3) is 0 Å². The Bertz CT molecular complexity index is 198. The second-order valence-electron chi connectivity index (χ2n) is 3.97. The smallest absolute Gasteiger partial charge is 0.0139 e. The van der Waals surface area contributed by atoms with Gasteiger partial charge in [-0.3, -0.25) is 0 Å². The third-order valence-electron chi connectivity index (χ3n) is 2.67. The van der Waals surface area contributed by atoms with E-state index in [9.17, 15) is 0 Å². The topological polar surface area (TPSA) is 26.0 Å². The minimum Gasteiger partial charge on any atom is -0.327 e. The van der Waals surface area contributed by atoms with Gasteiger partial charge in [-0.2, -0.15) is 11.8 Å². The molecule has 80 valence electrons. The Morgan fingerprint density at radius 1 is 1.43 bits per heavy atom. The maximum Gasteiger partial charge on any atom is 0.0139 e. The summed E-state index contributed by atoms with van der Waals surface area (Å²) >= 11 is 2.08. The van der Waals surface area contributed by atoms with E-state index in [2.05, 4.69) is 23.6 Å². The Balaban J connectivity index is 2.00. The van der Waals surface area contributed by atoms with Crippen molar-refractivity contribution >= 4 is 11.8 Å². The van der Waals surface area contributed by atoms with E-state index in [4.69, 9.17) is 5.73 Å². The van der Waals surface area contributed by atoms with Crippen LogP contribution in [0.1, 0.15) is 45.4 Å². The molecule has 0 aromatic heterocycles. The van der Waals surface area contributed by atoms with E-state index in [1.165, 1.54) is 25.7 Å². The van der Waals surface area contributed by atoms with Gasteiger partial charge < -0.3 is 5.73 Å². The lowest BCUT2D eigenvalue weighted by Crippen LogP contribution is -2.23. The molecular weight excluding hydrogens is 190 g/mol. The van der Waals surface area contributed by atoms with Crippen LogP contribution in [0.5, 0.6) is 0 Å². The van der Waals surface area contributed by atoms with Gasteiger partial charge in [-0.25, -0.2) is 0 Å². The van der Waals surface area contributed by atoms with E-state index >= 15 is 0 Å². The van der Waals surface area contributed by atoms with Crippen LogP contribution in [-0.2, 0) is 0 Å². The van der Waals surface area contributed by atoms with Crippen molar-refractivity contribution in [3.63, 3.8) is 0 Å². The molecule has 2 heteroatoms. The molecule has 0 aliphatic heterocycles. The van der Waals surface area contributed by atoms with Gasteiger partial charge in [-0.1, -0.05) is 12.8 Å². The van der Waals surface area contributed by atoms with Crippen molar-refractivity contribution in [2.45, 2.75) is 56.7 Å². The molecule has 1 rings (SSSR count). The van der Waals surface area contributed by atoms with Crippen molar-refractivity contribution in [2.75, 3.05) is 5.75 Å². The molecule has 0 aromatic carbocycles. The first-order valence-electron chi connectivity index (χ1n) is 5.59. The van der Waals surface area contributed by atoms with Gasteiger partial charge in [-0.15, -0.1) is 11.8 Å². The third kappa shape index (κ3) is 4.93. The lowest BCUT2D eigenvalue weighted by molar-refractivity contribution is 0.690. The zero-order valence-corrected chi connectivity index (χ0v) is 9.91. The summed E-state index contributed by atoms with van der Waals surface area (Å²) in [6.45, 7) is 1.89. The summed E-state index contributed by atoms with van der Waals surface area (Å²) in [5.74, 6) is 7.10. The normalized spacial score (nSPS) is 19.0. The average Bonchev–Trinajstić information content (AvgIpc) is 2.68. The molecule has 1 nitrogen and oxygen atoms in total. The predicted molar refractivity (Wildman–Crippen MR) is 65.4 cm³/mol. The lowest BCUT2D eigenvalue weighted by atomic mass is 10.2. The first kappa shape index (κ1) is 11.9. The van der Waals surface area contributed by atoms with Crippen molar-refractivity contribution in [1.29, 1.82) is 0 Å². The number of hydrogen-bond acceptors (Lipinski definition) is 2. The molecule has 1 unspecified atom stereocenters. The summed E-state index contributed by atoms with van der Waals surface area (Å²) in [5, 5.41) is 0.901. The Hall–Kier alpha value is -0.130. The fraction of sp³-hybridized carbons (Fsp3) is 0.833. The van der Waals surface area contributed by atoms with Crippen LogP contribution >= 0.6 is 11.8 Å². The molecule has 1 aliphatic carbocycles. The second-order valence-corrected chi connectivity index (χ2v) is 5.30. The quantitative estimate of drug-likeness (QED) is 0.708. The third-order valence-corrected chi connectivity index (χ3v) is 4.23. The molecule has 1 fully saturated rings. The molecule has 0 radical (unpaired) electrons. The number of nitrogens with two attached hydrogens (primary N) is 1. The monoisotopic (exact) mass is 211 g/mol. The Morgan fingerprint density at radius 2 is 2.14 bits per heavy atom. The Morgan fingerprint density at radius 3 is 2.79 bits per heavy atom. The van der Waals surface area contributed by atoms with Crippen LogP contribution in [-0.4, -0.2) is 17.0 Å². The summed E-state index contributed by atoms with van der Waals surface area (Å²) in [5.41, 5.74) is 6.00. The van der Waals surface area contributed by atoms with Crippen LogP contribution in [0.2, 0.25) is 0 Å². The van der Waals surface area contributed by atoms with Crippen molar-refractivity contribution in [1.82, 2.24) is 0 Å². The van der Waals surface area contributed by atoms with Gasteiger partial charge in [0.1, 0.15) is 0 Å². The summed E-state index contributed by atoms with van der Waals surface area (Å²) < 4.78 is 0. The Labute approximate surface area is 92.2 Å². The van der Waals surface area contributed by atoms with Gasteiger partial charge in [0.15, 0.2) is 0 Å². The highest BCUT2D eigenvalue weighted by Gasteiger charge is 2.16. The average molecular weight is 211 g/mol. The zero-order chi connectivity index (χ0) is 10.2. The lowest BCUT2D eigenvalue weighted by Gasteiger charge is -2.13. The number of hydrogen-bond donors (Lipinski definition) is 1. The molecule has 1 saturated carbocycles. The molecule has 1 atom stereocenters. The molecule has 0 spiro atoms. The van der Waals surface area contributed by atoms with Crippen LogP contribution in [0.4, 0.5) is 0 Å². The maximum atomic E-state index is 6.00. The van der Waals surface area contributed by atoms with Crippen molar-refractivity contribution in [3.05, 3.63) is 0 Å². The molecule has 0 aromatic rings. The summed E-state index contributed by atoms with van der Waals surface area (Å²) in [7, 11) is 0. The van der Waals surface area contributed by atoms with Crippen LogP contribution in [0.25, 0.3) is 0 Å². The van der Waals surface area contributed by atoms with Gasteiger partial charge >= 0.3 is 0 Å². The molecule has 14 heavy (non-hydrogen) atoms. The fourth-order valence-corrected chi connectivity index (χ4v) is 3.13. The largest absolute Gasteiger partial charge is 0.327 e. The molecular formula is C12H21NS. The maximum absolute atomic E-state index is 6.00. The van der Waals surface area contributed by atoms with Gasteiger partial charge in [0.05, 0.1) is 0 Å². The molecule has 0 bridgehead atoms. The van der Waals surface area contributed by atoms with E-state index in [1.54, 1.807) is 0 Å². The Kier molecular flexibility index (Phi) is 6.14. The first-order chi connectivity index (χ1) is 6.83. The molecule has 0 amide bonds. The van der Waals surface area contributed by atoms with E-state index in [-0.39, 0.29) is 0 Å². The second kappa shape index (κ2) is 7.20. The standard InChI is InChI=1S/C12H21NS/c1-2-3-4-7-11(13)10-14-12-8-5-6-9-12/h11-12H,4-10,13H2,1H3. The molecule has 2 N–H and O–H groups in total. The predicted octanol–water partition coefficient (Wildman–Crippen LogP) is 2.79. The zero-order valence-electron chi connectivity index (χ0n) is 9.09. The van der Waals surface area contributed by atoms with Crippen molar-refractivity contribution < 1.29 is 0 Å².